The van der Waals surface area contributed by atoms with Gasteiger partial charge in [-0.3, -0.25) is 0 Å². The molecule has 0 bridgehead atoms. The van der Waals surface area contributed by atoms with Crippen LogP contribution < -0.4 is 4.90 Å². The van der Waals surface area contributed by atoms with Crippen molar-refractivity contribution in [3.8, 4) is 0 Å². The summed E-state index contributed by atoms with van der Waals surface area (Å²) in [6, 6.07) is 10.7. The monoisotopic (exact) mass is 203 g/mol. The van der Waals surface area contributed by atoms with E-state index in [2.05, 4.69) is 35.2 Å². The van der Waals surface area contributed by atoms with Gasteiger partial charge in [-0.25, -0.2) is 0 Å². The summed E-state index contributed by atoms with van der Waals surface area (Å²) in [7, 11) is 0. The van der Waals surface area contributed by atoms with Crippen LogP contribution in [0.5, 0.6) is 0 Å². The lowest BCUT2D eigenvalue weighted by Crippen LogP contribution is -2.29. The molecule has 0 spiro atoms. The molecule has 1 unspecified atom stereocenters. The predicted octanol–water partition coefficient (Wildman–Crippen LogP) is 2.30. The highest BCUT2D eigenvalue weighted by Gasteiger charge is 2.29. The summed E-state index contributed by atoms with van der Waals surface area (Å²) in [5.41, 5.74) is 1.35. The first-order valence-electron chi connectivity index (χ1n) is 5.83. The minimum Gasteiger partial charge on any atom is -0.371 e. The van der Waals surface area contributed by atoms with Gasteiger partial charge in [0.05, 0.1) is 12.7 Å². The molecule has 0 radical (unpaired) electrons. The highest BCUT2D eigenvalue weighted by molar-refractivity contribution is 5.46. The van der Waals surface area contributed by atoms with E-state index in [4.69, 9.17) is 4.74 Å². The summed E-state index contributed by atoms with van der Waals surface area (Å²) in [6.45, 7) is 3.23. The second-order valence-electron chi connectivity index (χ2n) is 4.64. The van der Waals surface area contributed by atoms with Crippen molar-refractivity contribution in [1.82, 2.24) is 0 Å². The second kappa shape index (κ2) is 3.86. The number of para-hydroxylation sites is 1. The summed E-state index contributed by atoms with van der Waals surface area (Å²) < 4.78 is 5.32. The first kappa shape index (κ1) is 9.22. The van der Waals surface area contributed by atoms with Crippen molar-refractivity contribution in [3.63, 3.8) is 0 Å². The Morgan fingerprint density at radius 2 is 1.87 bits per heavy atom. The molecule has 2 nitrogen and oxygen atoms in total. The van der Waals surface area contributed by atoms with E-state index in [1.165, 1.54) is 25.1 Å². The molecule has 1 saturated heterocycles. The molecule has 0 aromatic heterocycles. The number of hydrogen-bond donors (Lipinski definition) is 0. The molecule has 0 N–H and O–H groups in total. The van der Waals surface area contributed by atoms with Crippen molar-refractivity contribution >= 4 is 5.69 Å². The zero-order valence-electron chi connectivity index (χ0n) is 8.93. The van der Waals surface area contributed by atoms with Gasteiger partial charge in [-0.1, -0.05) is 18.2 Å². The lowest BCUT2D eigenvalue weighted by atomic mass is 10.2. The number of nitrogens with zero attached hydrogens (tertiary/aromatic N) is 1. The molecule has 1 aliphatic carbocycles. The number of hydrogen-bond acceptors (Lipinski definition) is 2. The van der Waals surface area contributed by atoms with Crippen molar-refractivity contribution in [2.24, 2.45) is 5.92 Å². The minimum atomic E-state index is 0.490. The fraction of sp³-hybridized carbons (Fsp3) is 0.538. The maximum Gasteiger partial charge on any atom is 0.0984 e. The summed E-state index contributed by atoms with van der Waals surface area (Å²) >= 11 is 0. The van der Waals surface area contributed by atoms with Crippen LogP contribution in [0.15, 0.2) is 30.3 Å². The highest BCUT2D eigenvalue weighted by Crippen LogP contribution is 2.32. The number of rotatable bonds is 5. The van der Waals surface area contributed by atoms with Crippen LogP contribution in [0, 0.1) is 5.92 Å². The van der Waals surface area contributed by atoms with E-state index in [0.717, 1.165) is 19.1 Å². The van der Waals surface area contributed by atoms with Gasteiger partial charge in [0, 0.05) is 18.8 Å². The van der Waals surface area contributed by atoms with E-state index in [0.29, 0.717) is 6.10 Å². The van der Waals surface area contributed by atoms with Crippen LogP contribution in [0.4, 0.5) is 5.69 Å². The van der Waals surface area contributed by atoms with E-state index in [1.54, 1.807) is 0 Å². The fourth-order valence-corrected chi connectivity index (χ4v) is 1.96. The molecule has 3 rings (SSSR count). The van der Waals surface area contributed by atoms with Crippen LogP contribution in [0.25, 0.3) is 0 Å². The van der Waals surface area contributed by atoms with Gasteiger partial charge in [-0.05, 0) is 30.9 Å². The molecule has 1 atom stereocenters. The van der Waals surface area contributed by atoms with Gasteiger partial charge in [0.1, 0.15) is 0 Å². The molecule has 0 amide bonds. The molecule has 1 aliphatic heterocycles. The second-order valence-corrected chi connectivity index (χ2v) is 4.64. The van der Waals surface area contributed by atoms with Crippen molar-refractivity contribution < 1.29 is 4.74 Å². The first-order valence-corrected chi connectivity index (χ1v) is 5.83. The molecule has 80 valence electrons. The molecular weight excluding hydrogens is 186 g/mol. The Morgan fingerprint density at radius 1 is 1.13 bits per heavy atom. The van der Waals surface area contributed by atoms with Gasteiger partial charge in [-0.2, -0.15) is 0 Å². The number of epoxide rings is 1. The van der Waals surface area contributed by atoms with Crippen molar-refractivity contribution in [1.29, 1.82) is 0 Å². The molecular formula is C13H17NO. The van der Waals surface area contributed by atoms with Gasteiger partial charge in [-0.15, -0.1) is 0 Å². The SMILES string of the molecule is c1ccc(N(CC2CC2)CC2CO2)cc1. The Bertz CT molecular complexity index is 303. The summed E-state index contributed by atoms with van der Waals surface area (Å²) in [5.74, 6) is 0.934. The third kappa shape index (κ3) is 2.51. The maximum absolute atomic E-state index is 5.32. The minimum absolute atomic E-state index is 0.490. The van der Waals surface area contributed by atoms with Gasteiger partial charge in [0.2, 0.25) is 0 Å². The van der Waals surface area contributed by atoms with Crippen LogP contribution in [-0.4, -0.2) is 25.8 Å². The van der Waals surface area contributed by atoms with Crippen LogP contribution >= 0.6 is 0 Å². The van der Waals surface area contributed by atoms with E-state index in [9.17, 15) is 0 Å². The zero-order valence-corrected chi connectivity index (χ0v) is 8.93. The Kier molecular flexibility index (Phi) is 2.37. The summed E-state index contributed by atoms with van der Waals surface area (Å²) in [5, 5.41) is 0. The van der Waals surface area contributed by atoms with E-state index in [1.807, 2.05) is 0 Å². The fourth-order valence-electron chi connectivity index (χ4n) is 1.96. The van der Waals surface area contributed by atoms with Crippen molar-refractivity contribution in [3.05, 3.63) is 30.3 Å². The van der Waals surface area contributed by atoms with Crippen molar-refractivity contribution in [2.45, 2.75) is 18.9 Å². The standard InChI is InChI=1S/C13H17NO/c1-2-4-12(5-3-1)14(8-11-6-7-11)9-13-10-15-13/h1-5,11,13H,6-10H2. The van der Waals surface area contributed by atoms with Gasteiger partial charge in [0.15, 0.2) is 0 Å². The molecule has 15 heavy (non-hydrogen) atoms. The molecule has 1 aromatic carbocycles. The van der Waals surface area contributed by atoms with E-state index < -0.39 is 0 Å². The Hall–Kier alpha value is -1.02. The molecule has 2 fully saturated rings. The van der Waals surface area contributed by atoms with Crippen LogP contribution in [0.3, 0.4) is 0 Å². The number of benzene rings is 1. The normalized spacial score (nSPS) is 23.9. The average Bonchev–Trinajstić information content (AvgIpc) is 3.13. The maximum atomic E-state index is 5.32. The Balaban J connectivity index is 1.69. The van der Waals surface area contributed by atoms with Gasteiger partial charge >= 0.3 is 0 Å². The van der Waals surface area contributed by atoms with Crippen LogP contribution in [0.2, 0.25) is 0 Å². The van der Waals surface area contributed by atoms with Crippen LogP contribution in [-0.2, 0) is 4.74 Å². The van der Waals surface area contributed by atoms with Crippen LogP contribution in [0.1, 0.15) is 12.8 Å². The number of anilines is 1. The Labute approximate surface area is 90.8 Å². The highest BCUT2D eigenvalue weighted by atomic mass is 16.6. The third-order valence-electron chi connectivity index (χ3n) is 3.12. The van der Waals surface area contributed by atoms with Crippen molar-refractivity contribution in [2.75, 3.05) is 24.6 Å². The largest absolute Gasteiger partial charge is 0.371 e. The molecule has 1 saturated carbocycles. The van der Waals surface area contributed by atoms with Gasteiger partial charge < -0.3 is 9.64 Å². The topological polar surface area (TPSA) is 15.8 Å². The lowest BCUT2D eigenvalue weighted by molar-refractivity contribution is 0.406. The third-order valence-corrected chi connectivity index (χ3v) is 3.12. The Morgan fingerprint density at radius 3 is 2.47 bits per heavy atom. The average molecular weight is 203 g/mol. The molecule has 2 heteroatoms. The van der Waals surface area contributed by atoms with Gasteiger partial charge in [0.25, 0.3) is 0 Å². The molecule has 1 heterocycles. The summed E-state index contributed by atoms with van der Waals surface area (Å²) in [6.07, 6.45) is 3.31. The first-order chi connectivity index (χ1) is 7.42. The van der Waals surface area contributed by atoms with E-state index in [-0.39, 0.29) is 0 Å². The molecule has 1 aromatic rings. The number of ether oxygens (including phenoxy) is 1. The zero-order chi connectivity index (χ0) is 10.1. The summed E-state index contributed by atoms with van der Waals surface area (Å²) in [4.78, 5) is 2.48. The predicted molar refractivity (Wildman–Crippen MR) is 61.1 cm³/mol. The molecule has 2 aliphatic rings. The van der Waals surface area contributed by atoms with E-state index >= 15 is 0 Å². The quantitative estimate of drug-likeness (QED) is 0.682. The smallest absolute Gasteiger partial charge is 0.0984 e. The lowest BCUT2D eigenvalue weighted by Gasteiger charge is -2.23.